The predicted octanol–water partition coefficient (Wildman–Crippen LogP) is 1.36. The number of nitrogens with one attached hydrogen (secondary N) is 1. The lowest BCUT2D eigenvalue weighted by molar-refractivity contribution is 0.768. The molecule has 5 heteroatoms. The van der Waals surface area contributed by atoms with Crippen LogP contribution in [0.1, 0.15) is 0 Å². The van der Waals surface area contributed by atoms with Gasteiger partial charge in [0.15, 0.2) is 0 Å². The molecule has 0 atom stereocenters. The molecule has 3 aromatic rings. The molecule has 0 spiro atoms. The van der Waals surface area contributed by atoms with Gasteiger partial charge in [0.1, 0.15) is 12.0 Å². The molecule has 0 fully saturated rings. The number of hydrogen-bond acceptors (Lipinski definition) is 3. The van der Waals surface area contributed by atoms with Crippen molar-refractivity contribution in [2.75, 3.05) is 0 Å². The van der Waals surface area contributed by atoms with Crippen LogP contribution in [0.15, 0.2) is 31.0 Å². The first-order valence-electron chi connectivity index (χ1n) is 4.61. The van der Waals surface area contributed by atoms with Gasteiger partial charge in [-0.05, 0) is 6.07 Å². The summed E-state index contributed by atoms with van der Waals surface area (Å²) in [6, 6.07) is 2.02. The van der Waals surface area contributed by atoms with Crippen molar-refractivity contribution in [3.8, 4) is 11.3 Å². The smallest absolute Gasteiger partial charge is 0.141 e. The van der Waals surface area contributed by atoms with Crippen molar-refractivity contribution in [3.63, 3.8) is 0 Å². The topological polar surface area (TPSA) is 59.4 Å². The molecule has 0 amide bonds. The normalized spacial score (nSPS) is 11.0. The summed E-state index contributed by atoms with van der Waals surface area (Å²) in [5.41, 5.74) is 2.91. The first-order valence-corrected chi connectivity index (χ1v) is 4.61. The van der Waals surface area contributed by atoms with E-state index in [1.165, 1.54) is 6.33 Å². The molecule has 0 unspecified atom stereocenters. The lowest BCUT2D eigenvalue weighted by Gasteiger charge is -1.88. The molecule has 5 nitrogen and oxygen atoms in total. The first-order chi connectivity index (χ1) is 7.33. The van der Waals surface area contributed by atoms with Crippen LogP contribution in [0.5, 0.6) is 0 Å². The zero-order valence-electron chi connectivity index (χ0n) is 8.18. The Balaban J connectivity index is 2.19. The van der Waals surface area contributed by atoms with Gasteiger partial charge in [0, 0.05) is 30.4 Å². The molecule has 0 saturated heterocycles. The summed E-state index contributed by atoms with van der Waals surface area (Å²) in [7, 11) is 1.89. The number of nitrogens with zero attached hydrogens (tertiary/aromatic N) is 4. The number of fused-ring (bicyclic) bond motifs is 1. The van der Waals surface area contributed by atoms with E-state index in [1.807, 2.05) is 25.5 Å². The molecule has 0 bridgehead atoms. The molecular formula is C10H9N5. The van der Waals surface area contributed by atoms with Gasteiger partial charge in [0.2, 0.25) is 0 Å². The van der Waals surface area contributed by atoms with Crippen LogP contribution < -0.4 is 0 Å². The Hall–Kier alpha value is -2.17. The standard InChI is InChI=1S/C10H9N5/c1-15-5-8(4-13-15)9-2-7-3-11-6-12-10(7)14-9/h2-6H,1H3,(H,11,12,14). The Morgan fingerprint density at radius 1 is 1.33 bits per heavy atom. The average molecular weight is 199 g/mol. The number of aromatic nitrogens is 5. The molecule has 0 aliphatic carbocycles. The first kappa shape index (κ1) is 8.16. The highest BCUT2D eigenvalue weighted by Gasteiger charge is 2.05. The van der Waals surface area contributed by atoms with Crippen LogP contribution in [0.3, 0.4) is 0 Å². The van der Waals surface area contributed by atoms with E-state index in [0.717, 1.165) is 22.3 Å². The van der Waals surface area contributed by atoms with Gasteiger partial charge in [0.25, 0.3) is 0 Å². The Labute approximate surface area is 85.8 Å². The summed E-state index contributed by atoms with van der Waals surface area (Å²) in [4.78, 5) is 11.3. The minimum Gasteiger partial charge on any atom is -0.339 e. The van der Waals surface area contributed by atoms with Crippen molar-refractivity contribution in [1.29, 1.82) is 0 Å². The molecule has 3 aromatic heterocycles. The van der Waals surface area contributed by atoms with Gasteiger partial charge in [-0.25, -0.2) is 9.97 Å². The van der Waals surface area contributed by atoms with Crippen LogP contribution in [0.2, 0.25) is 0 Å². The number of rotatable bonds is 1. The molecule has 0 aliphatic rings. The van der Waals surface area contributed by atoms with Crippen molar-refractivity contribution in [2.24, 2.45) is 7.05 Å². The van der Waals surface area contributed by atoms with E-state index in [4.69, 9.17) is 0 Å². The minimum atomic E-state index is 0.851. The molecule has 3 rings (SSSR count). The van der Waals surface area contributed by atoms with Gasteiger partial charge in [-0.1, -0.05) is 0 Å². The Morgan fingerprint density at radius 3 is 3.00 bits per heavy atom. The Kier molecular flexibility index (Phi) is 1.58. The largest absolute Gasteiger partial charge is 0.339 e. The maximum atomic E-state index is 4.14. The maximum absolute atomic E-state index is 4.14. The maximum Gasteiger partial charge on any atom is 0.141 e. The zero-order chi connectivity index (χ0) is 10.3. The minimum absolute atomic E-state index is 0.851. The third-order valence-corrected chi connectivity index (χ3v) is 2.31. The number of H-pyrrole nitrogens is 1. The highest BCUT2D eigenvalue weighted by atomic mass is 15.2. The lowest BCUT2D eigenvalue weighted by Crippen LogP contribution is -1.84. The van der Waals surface area contributed by atoms with Gasteiger partial charge in [-0.3, -0.25) is 4.68 Å². The molecule has 15 heavy (non-hydrogen) atoms. The summed E-state index contributed by atoms with van der Waals surface area (Å²) in [5, 5.41) is 5.13. The summed E-state index contributed by atoms with van der Waals surface area (Å²) in [5.74, 6) is 0. The summed E-state index contributed by atoms with van der Waals surface area (Å²) >= 11 is 0. The molecule has 1 N–H and O–H groups in total. The molecule has 0 saturated carbocycles. The Morgan fingerprint density at radius 2 is 2.27 bits per heavy atom. The molecule has 3 heterocycles. The second-order valence-electron chi connectivity index (χ2n) is 3.41. The number of aromatic amines is 1. The van der Waals surface area contributed by atoms with Crippen LogP contribution in [-0.4, -0.2) is 24.7 Å². The van der Waals surface area contributed by atoms with Crippen LogP contribution in [0, 0.1) is 0 Å². The fourth-order valence-electron chi connectivity index (χ4n) is 1.59. The Bertz CT molecular complexity index is 574. The second-order valence-corrected chi connectivity index (χ2v) is 3.41. The highest BCUT2D eigenvalue weighted by molar-refractivity contribution is 5.81. The van der Waals surface area contributed by atoms with Gasteiger partial charge in [-0.15, -0.1) is 0 Å². The summed E-state index contributed by atoms with van der Waals surface area (Å²) in [6.45, 7) is 0. The van der Waals surface area contributed by atoms with Gasteiger partial charge < -0.3 is 4.98 Å². The second kappa shape index (κ2) is 2.91. The van der Waals surface area contributed by atoms with Gasteiger partial charge in [-0.2, -0.15) is 5.10 Å². The summed E-state index contributed by atoms with van der Waals surface area (Å²) in [6.07, 6.45) is 7.10. The van der Waals surface area contributed by atoms with Crippen LogP contribution in [0.4, 0.5) is 0 Å². The highest BCUT2D eigenvalue weighted by Crippen LogP contribution is 2.21. The van der Waals surface area contributed by atoms with E-state index in [0.29, 0.717) is 0 Å². The van der Waals surface area contributed by atoms with E-state index in [1.54, 1.807) is 10.9 Å². The van der Waals surface area contributed by atoms with Crippen molar-refractivity contribution < 1.29 is 0 Å². The zero-order valence-corrected chi connectivity index (χ0v) is 8.18. The van der Waals surface area contributed by atoms with Crippen molar-refractivity contribution in [2.45, 2.75) is 0 Å². The van der Waals surface area contributed by atoms with Crippen molar-refractivity contribution >= 4 is 11.0 Å². The average Bonchev–Trinajstić information content (AvgIpc) is 2.82. The SMILES string of the molecule is Cn1cc(-c2cc3cncnc3[nH]2)cn1. The lowest BCUT2D eigenvalue weighted by atomic mass is 10.2. The van der Waals surface area contributed by atoms with E-state index >= 15 is 0 Å². The van der Waals surface area contributed by atoms with E-state index < -0.39 is 0 Å². The monoisotopic (exact) mass is 199 g/mol. The van der Waals surface area contributed by atoms with Gasteiger partial charge in [0.05, 0.1) is 11.9 Å². The van der Waals surface area contributed by atoms with E-state index in [2.05, 4.69) is 20.1 Å². The molecule has 0 aliphatic heterocycles. The third-order valence-electron chi connectivity index (χ3n) is 2.31. The van der Waals surface area contributed by atoms with E-state index in [9.17, 15) is 0 Å². The van der Waals surface area contributed by atoms with Crippen molar-refractivity contribution in [1.82, 2.24) is 24.7 Å². The number of hydrogen-bond donors (Lipinski definition) is 1. The van der Waals surface area contributed by atoms with Crippen LogP contribution >= 0.6 is 0 Å². The fourth-order valence-corrected chi connectivity index (χ4v) is 1.59. The molecule has 0 radical (unpaired) electrons. The fraction of sp³-hybridized carbons (Fsp3) is 0.100. The quantitative estimate of drug-likeness (QED) is 0.643. The summed E-state index contributed by atoms with van der Waals surface area (Å²) < 4.78 is 1.77. The molecular weight excluding hydrogens is 190 g/mol. The molecule has 74 valence electrons. The van der Waals surface area contributed by atoms with Crippen LogP contribution in [-0.2, 0) is 7.05 Å². The van der Waals surface area contributed by atoms with Gasteiger partial charge >= 0.3 is 0 Å². The third kappa shape index (κ3) is 1.28. The van der Waals surface area contributed by atoms with Crippen LogP contribution in [0.25, 0.3) is 22.3 Å². The molecule has 0 aromatic carbocycles. The van der Waals surface area contributed by atoms with Crippen molar-refractivity contribution in [3.05, 3.63) is 31.0 Å². The predicted molar refractivity (Wildman–Crippen MR) is 56.1 cm³/mol. The number of aryl methyl sites for hydroxylation is 1. The van der Waals surface area contributed by atoms with E-state index in [-0.39, 0.29) is 0 Å².